The van der Waals surface area contributed by atoms with Crippen molar-refractivity contribution in [3.05, 3.63) is 18.3 Å². The van der Waals surface area contributed by atoms with Gasteiger partial charge in [-0.1, -0.05) is 6.92 Å². The minimum absolute atomic E-state index is 0.252. The number of aromatic nitrogens is 4. The predicted molar refractivity (Wildman–Crippen MR) is 69.6 cm³/mol. The Kier molecular flexibility index (Phi) is 3.56. The zero-order valence-electron chi connectivity index (χ0n) is 11.6. The van der Waals surface area contributed by atoms with Crippen molar-refractivity contribution >= 4 is 0 Å². The van der Waals surface area contributed by atoms with E-state index in [0.717, 1.165) is 25.6 Å². The zero-order chi connectivity index (χ0) is 15.0. The Morgan fingerprint density at radius 2 is 2.05 bits per heavy atom. The first kappa shape index (κ1) is 14.2. The van der Waals surface area contributed by atoms with Crippen LogP contribution in [0, 0.1) is 0 Å². The topological polar surface area (TPSA) is 46.8 Å². The smallest absolute Gasteiger partial charge is 0.288 e. The first-order chi connectivity index (χ1) is 10.0. The molecule has 0 radical (unpaired) electrons. The Hall–Kier alpha value is -1.70. The van der Waals surface area contributed by atoms with E-state index in [1.54, 1.807) is 0 Å². The summed E-state index contributed by atoms with van der Waals surface area (Å²) in [6.45, 7) is 3.44. The van der Waals surface area contributed by atoms with Crippen molar-refractivity contribution in [2.45, 2.75) is 38.5 Å². The van der Waals surface area contributed by atoms with Gasteiger partial charge in [0, 0.05) is 6.54 Å². The lowest BCUT2D eigenvalue weighted by Gasteiger charge is -2.38. The summed E-state index contributed by atoms with van der Waals surface area (Å²) < 4.78 is 41.2. The standard InChI is InChI=1S/C13H16F3N5/c1-2-20-6-4-3-5-10(20)21-11-9(18-8-19-11)7-17-12(21)13(14,15)16/h7-8,10H,2-6H2,1H3. The van der Waals surface area contributed by atoms with Gasteiger partial charge in [-0.15, -0.1) is 0 Å². The number of alkyl halides is 3. The molecule has 0 spiro atoms. The second-order valence-corrected chi connectivity index (χ2v) is 5.14. The predicted octanol–water partition coefficient (Wildman–Crippen LogP) is 2.80. The number of piperidine rings is 1. The number of hydrogen-bond donors (Lipinski definition) is 0. The maximum absolute atomic E-state index is 13.3. The van der Waals surface area contributed by atoms with E-state index in [2.05, 4.69) is 15.0 Å². The average molecular weight is 299 g/mol. The monoisotopic (exact) mass is 299 g/mol. The summed E-state index contributed by atoms with van der Waals surface area (Å²) in [5.41, 5.74) is 0.393. The van der Waals surface area contributed by atoms with E-state index in [1.165, 1.54) is 10.9 Å². The van der Waals surface area contributed by atoms with Gasteiger partial charge >= 0.3 is 6.18 Å². The SMILES string of the molecule is CCN1CCCCC1n1c2ncnc-2cnc1C(F)(F)F. The third-order valence-corrected chi connectivity index (χ3v) is 3.91. The van der Waals surface area contributed by atoms with Crippen LogP contribution in [0.2, 0.25) is 0 Å². The van der Waals surface area contributed by atoms with Crippen LogP contribution in [0.1, 0.15) is 38.2 Å². The fourth-order valence-electron chi connectivity index (χ4n) is 2.96. The van der Waals surface area contributed by atoms with E-state index in [9.17, 15) is 13.2 Å². The van der Waals surface area contributed by atoms with Crippen molar-refractivity contribution in [1.29, 1.82) is 0 Å². The molecule has 1 fully saturated rings. The molecule has 3 aliphatic heterocycles. The largest absolute Gasteiger partial charge is 0.449 e. The molecule has 1 atom stereocenters. The zero-order valence-corrected chi connectivity index (χ0v) is 11.6. The van der Waals surface area contributed by atoms with Crippen LogP contribution in [0.4, 0.5) is 13.2 Å². The molecule has 114 valence electrons. The minimum atomic E-state index is -4.51. The summed E-state index contributed by atoms with van der Waals surface area (Å²) in [5.74, 6) is -0.650. The van der Waals surface area contributed by atoms with E-state index in [1.807, 2.05) is 11.8 Å². The number of likely N-dealkylation sites (tertiary alicyclic amines) is 1. The normalized spacial score (nSPS) is 21.0. The molecule has 3 aliphatic rings. The minimum Gasteiger partial charge on any atom is -0.288 e. The van der Waals surface area contributed by atoms with E-state index in [4.69, 9.17) is 0 Å². The van der Waals surface area contributed by atoms with Gasteiger partial charge in [0.1, 0.15) is 12.0 Å². The van der Waals surface area contributed by atoms with Crippen LogP contribution in [0.15, 0.2) is 12.5 Å². The second-order valence-electron chi connectivity index (χ2n) is 5.14. The molecule has 8 heteroatoms. The molecular weight excluding hydrogens is 283 g/mol. The third kappa shape index (κ3) is 2.48. The Labute approximate surface area is 120 Å². The molecular formula is C13H16F3N5. The van der Waals surface area contributed by atoms with Crippen LogP contribution in [-0.4, -0.2) is 37.5 Å². The summed E-state index contributed by atoms with van der Waals surface area (Å²) in [6, 6.07) is 0. The van der Waals surface area contributed by atoms with Crippen molar-refractivity contribution < 1.29 is 13.2 Å². The van der Waals surface area contributed by atoms with Gasteiger partial charge in [-0.05, 0) is 25.8 Å². The summed E-state index contributed by atoms with van der Waals surface area (Å²) in [6.07, 6.45) is 0.105. The molecule has 3 rings (SSSR count). The number of hydrogen-bond acceptors (Lipinski definition) is 4. The van der Waals surface area contributed by atoms with Gasteiger partial charge in [-0.2, -0.15) is 13.2 Å². The fraction of sp³-hybridized carbons (Fsp3) is 0.615. The number of halogens is 3. The van der Waals surface area contributed by atoms with Crippen molar-refractivity contribution in [3.63, 3.8) is 0 Å². The highest BCUT2D eigenvalue weighted by molar-refractivity contribution is 5.50. The quantitative estimate of drug-likeness (QED) is 0.855. The highest BCUT2D eigenvalue weighted by Crippen LogP contribution is 2.37. The number of rotatable bonds is 2. The number of fused-ring (bicyclic) bond motifs is 1. The molecule has 0 saturated carbocycles. The maximum atomic E-state index is 13.3. The molecule has 0 aliphatic carbocycles. The number of nitrogens with zero attached hydrogens (tertiary/aromatic N) is 5. The molecule has 3 heterocycles. The summed E-state index contributed by atoms with van der Waals surface area (Å²) in [4.78, 5) is 13.6. The van der Waals surface area contributed by atoms with E-state index >= 15 is 0 Å². The van der Waals surface area contributed by atoms with E-state index in [0.29, 0.717) is 18.7 Å². The Bertz CT molecular complexity index is 594. The van der Waals surface area contributed by atoms with Crippen molar-refractivity contribution in [3.8, 4) is 11.5 Å². The van der Waals surface area contributed by atoms with Crippen LogP contribution in [0.5, 0.6) is 0 Å². The van der Waals surface area contributed by atoms with Gasteiger partial charge in [0.25, 0.3) is 0 Å². The summed E-state index contributed by atoms with van der Waals surface area (Å²) in [7, 11) is 0. The average Bonchev–Trinajstić information content (AvgIpc) is 2.93. The molecule has 21 heavy (non-hydrogen) atoms. The first-order valence-electron chi connectivity index (χ1n) is 7.01. The van der Waals surface area contributed by atoms with Gasteiger partial charge in [0.2, 0.25) is 5.82 Å². The lowest BCUT2D eigenvalue weighted by molar-refractivity contribution is -0.150. The van der Waals surface area contributed by atoms with Crippen molar-refractivity contribution in [1.82, 2.24) is 24.4 Å². The van der Waals surface area contributed by atoms with Crippen molar-refractivity contribution in [2.24, 2.45) is 0 Å². The molecule has 0 amide bonds. The molecule has 1 unspecified atom stereocenters. The Balaban J connectivity index is 2.17. The fourth-order valence-corrected chi connectivity index (χ4v) is 2.96. The van der Waals surface area contributed by atoms with E-state index in [-0.39, 0.29) is 12.0 Å². The van der Waals surface area contributed by atoms with Gasteiger partial charge in [0.05, 0.1) is 12.4 Å². The lowest BCUT2D eigenvalue weighted by Crippen LogP contribution is -2.39. The van der Waals surface area contributed by atoms with Crippen LogP contribution >= 0.6 is 0 Å². The maximum Gasteiger partial charge on any atom is 0.449 e. The second kappa shape index (κ2) is 5.25. The molecule has 0 bridgehead atoms. The molecule has 0 aromatic rings. The van der Waals surface area contributed by atoms with Gasteiger partial charge in [-0.25, -0.2) is 15.0 Å². The van der Waals surface area contributed by atoms with Crippen LogP contribution in [-0.2, 0) is 6.18 Å². The summed E-state index contributed by atoms with van der Waals surface area (Å²) >= 11 is 0. The van der Waals surface area contributed by atoms with Gasteiger partial charge in [-0.3, -0.25) is 9.47 Å². The molecule has 0 aromatic carbocycles. The number of imidazole rings is 1. The lowest BCUT2D eigenvalue weighted by atomic mass is 10.1. The highest BCUT2D eigenvalue weighted by Gasteiger charge is 2.40. The molecule has 5 nitrogen and oxygen atoms in total. The molecule has 1 saturated heterocycles. The van der Waals surface area contributed by atoms with Crippen LogP contribution < -0.4 is 0 Å². The Morgan fingerprint density at radius 3 is 2.76 bits per heavy atom. The molecule has 0 aromatic heterocycles. The van der Waals surface area contributed by atoms with Crippen LogP contribution in [0.25, 0.3) is 11.5 Å². The van der Waals surface area contributed by atoms with Gasteiger partial charge in [0.15, 0.2) is 5.82 Å². The highest BCUT2D eigenvalue weighted by atomic mass is 19.4. The Morgan fingerprint density at radius 1 is 1.24 bits per heavy atom. The van der Waals surface area contributed by atoms with E-state index < -0.39 is 12.0 Å². The van der Waals surface area contributed by atoms with Crippen molar-refractivity contribution in [2.75, 3.05) is 13.1 Å². The summed E-state index contributed by atoms with van der Waals surface area (Å²) in [5, 5.41) is 0. The van der Waals surface area contributed by atoms with Crippen LogP contribution in [0.3, 0.4) is 0 Å². The first-order valence-corrected chi connectivity index (χ1v) is 7.01. The van der Waals surface area contributed by atoms with Gasteiger partial charge < -0.3 is 0 Å². The third-order valence-electron chi connectivity index (χ3n) is 3.91. The molecule has 0 N–H and O–H groups in total.